The van der Waals surface area contributed by atoms with E-state index in [1.807, 2.05) is 10.3 Å². The molecule has 0 unspecified atom stereocenters. The summed E-state index contributed by atoms with van der Waals surface area (Å²) in [5.41, 5.74) is 0.910. The van der Waals surface area contributed by atoms with Crippen molar-refractivity contribution in [1.82, 2.24) is 14.8 Å². The number of aromatic nitrogens is 1. The molecule has 0 radical (unpaired) electrons. The molecule has 3 fully saturated rings. The zero-order chi connectivity index (χ0) is 16.4. The zero-order valence-corrected chi connectivity index (χ0v) is 14.9. The zero-order valence-electron chi connectivity index (χ0n) is 14.0. The van der Waals surface area contributed by atoms with Crippen molar-refractivity contribution in [2.24, 2.45) is 0 Å². The number of piperidine rings is 1. The van der Waals surface area contributed by atoms with Gasteiger partial charge in [-0.2, -0.15) is 0 Å². The van der Waals surface area contributed by atoms with Gasteiger partial charge in [0.15, 0.2) is 5.79 Å². The molecule has 0 N–H and O–H groups in total. The fourth-order valence-corrected chi connectivity index (χ4v) is 4.62. The highest BCUT2D eigenvalue weighted by atomic mass is 32.1. The number of hydrogen-bond donors (Lipinski definition) is 0. The Morgan fingerprint density at radius 2 is 1.88 bits per heavy atom. The smallest absolute Gasteiger partial charge is 0.228 e. The molecule has 3 aliphatic rings. The van der Waals surface area contributed by atoms with E-state index in [1.54, 1.807) is 11.3 Å². The van der Waals surface area contributed by atoms with Crippen molar-refractivity contribution in [1.29, 1.82) is 0 Å². The first-order chi connectivity index (χ1) is 11.7. The van der Waals surface area contributed by atoms with E-state index < -0.39 is 5.79 Å². The van der Waals surface area contributed by atoms with Crippen molar-refractivity contribution in [2.45, 2.75) is 44.4 Å². The maximum atomic E-state index is 12.5. The summed E-state index contributed by atoms with van der Waals surface area (Å²) >= 11 is 1.68. The second-order valence-corrected chi connectivity index (χ2v) is 7.82. The Morgan fingerprint density at radius 3 is 2.58 bits per heavy atom. The van der Waals surface area contributed by atoms with Crippen LogP contribution in [-0.2, 0) is 27.2 Å². The predicted octanol–water partition coefficient (Wildman–Crippen LogP) is 1.65. The summed E-state index contributed by atoms with van der Waals surface area (Å²) in [5.74, 6) is -0.249. The topological polar surface area (TPSA) is 54.9 Å². The van der Waals surface area contributed by atoms with Crippen molar-refractivity contribution in [3.63, 3.8) is 0 Å². The van der Waals surface area contributed by atoms with Crippen LogP contribution in [0.5, 0.6) is 0 Å². The fraction of sp³-hybridized carbons (Fsp3) is 0.765. The molecular weight excluding hydrogens is 326 g/mol. The van der Waals surface area contributed by atoms with Crippen LogP contribution in [0.4, 0.5) is 0 Å². The highest BCUT2D eigenvalue weighted by Crippen LogP contribution is 2.31. The molecule has 1 spiro atoms. The molecule has 4 heterocycles. The number of hydrogen-bond acceptors (Lipinski definition) is 6. The monoisotopic (exact) mass is 351 g/mol. The summed E-state index contributed by atoms with van der Waals surface area (Å²) in [5, 5.41) is 3.17. The van der Waals surface area contributed by atoms with Gasteiger partial charge in [0, 0.05) is 31.3 Å². The summed E-state index contributed by atoms with van der Waals surface area (Å²) < 4.78 is 11.4. The third-order valence-corrected chi connectivity index (χ3v) is 6.06. The third kappa shape index (κ3) is 3.64. The molecule has 1 aromatic heterocycles. The summed E-state index contributed by atoms with van der Waals surface area (Å²) in [6, 6.07) is 0. The lowest BCUT2D eigenvalue weighted by Gasteiger charge is -2.37. The standard InChI is InChI=1S/C17H25N3O3S/c21-16(20-7-3-17(4-8-20)22-9-10-23-17)11-14-13-24-15(18-14)12-19-5-1-2-6-19/h13H,1-12H2. The molecule has 3 aliphatic heterocycles. The number of amides is 1. The molecular formula is C17H25N3O3S. The number of rotatable bonds is 4. The van der Waals surface area contributed by atoms with E-state index >= 15 is 0 Å². The quantitative estimate of drug-likeness (QED) is 0.826. The van der Waals surface area contributed by atoms with Gasteiger partial charge >= 0.3 is 0 Å². The van der Waals surface area contributed by atoms with Crippen LogP contribution in [0.2, 0.25) is 0 Å². The SMILES string of the molecule is O=C(Cc1csc(CN2CCCC2)n1)N1CCC2(CC1)OCCO2. The first-order valence-corrected chi connectivity index (χ1v) is 9.82. The highest BCUT2D eigenvalue weighted by Gasteiger charge is 2.40. The van der Waals surface area contributed by atoms with Crippen LogP contribution in [-0.4, -0.2) is 65.9 Å². The Labute approximate surface area is 146 Å². The number of likely N-dealkylation sites (tertiary alicyclic amines) is 2. The largest absolute Gasteiger partial charge is 0.347 e. The van der Waals surface area contributed by atoms with E-state index in [2.05, 4.69) is 9.88 Å². The molecule has 1 amide bonds. The fourth-order valence-electron chi connectivity index (χ4n) is 3.78. The molecule has 0 bridgehead atoms. The van der Waals surface area contributed by atoms with E-state index in [-0.39, 0.29) is 5.91 Å². The van der Waals surface area contributed by atoms with Gasteiger partial charge in [-0.15, -0.1) is 11.3 Å². The van der Waals surface area contributed by atoms with Gasteiger partial charge in [-0.25, -0.2) is 4.98 Å². The molecule has 132 valence electrons. The summed E-state index contributed by atoms with van der Waals surface area (Å²) in [6.07, 6.45) is 4.54. The minimum atomic E-state index is -0.416. The normalized spacial score (nSPS) is 24.1. The van der Waals surface area contributed by atoms with Crippen LogP contribution < -0.4 is 0 Å². The number of carbonyl (C=O) groups excluding carboxylic acids is 1. The van der Waals surface area contributed by atoms with E-state index in [0.29, 0.717) is 32.7 Å². The molecule has 7 heteroatoms. The van der Waals surface area contributed by atoms with Crippen molar-refractivity contribution < 1.29 is 14.3 Å². The highest BCUT2D eigenvalue weighted by molar-refractivity contribution is 7.09. The van der Waals surface area contributed by atoms with E-state index in [0.717, 1.165) is 30.1 Å². The minimum Gasteiger partial charge on any atom is -0.347 e. The molecule has 3 saturated heterocycles. The van der Waals surface area contributed by atoms with Gasteiger partial charge in [0.25, 0.3) is 0 Å². The number of nitrogens with zero attached hydrogens (tertiary/aromatic N) is 3. The van der Waals surface area contributed by atoms with Crippen LogP contribution in [0, 0.1) is 0 Å². The molecule has 0 saturated carbocycles. The molecule has 6 nitrogen and oxygen atoms in total. The van der Waals surface area contributed by atoms with Gasteiger partial charge in [-0.05, 0) is 25.9 Å². The second kappa shape index (κ2) is 7.07. The van der Waals surface area contributed by atoms with Crippen LogP contribution >= 0.6 is 11.3 Å². The Balaban J connectivity index is 1.27. The Hall–Kier alpha value is -1.02. The lowest BCUT2D eigenvalue weighted by molar-refractivity contribution is -0.187. The average molecular weight is 351 g/mol. The number of ether oxygens (including phenoxy) is 2. The van der Waals surface area contributed by atoms with Gasteiger partial charge in [0.2, 0.25) is 5.91 Å². The Kier molecular flexibility index (Phi) is 4.85. The molecule has 0 atom stereocenters. The molecule has 1 aromatic rings. The van der Waals surface area contributed by atoms with Crippen LogP contribution in [0.15, 0.2) is 5.38 Å². The first kappa shape index (κ1) is 16.4. The van der Waals surface area contributed by atoms with Crippen LogP contribution in [0.25, 0.3) is 0 Å². The van der Waals surface area contributed by atoms with E-state index in [4.69, 9.17) is 9.47 Å². The predicted molar refractivity (Wildman–Crippen MR) is 90.8 cm³/mol. The number of thiazole rings is 1. The van der Waals surface area contributed by atoms with Crippen molar-refractivity contribution in [3.05, 3.63) is 16.1 Å². The maximum Gasteiger partial charge on any atom is 0.228 e. The Morgan fingerprint density at radius 1 is 1.17 bits per heavy atom. The van der Waals surface area contributed by atoms with Crippen molar-refractivity contribution in [2.75, 3.05) is 39.4 Å². The van der Waals surface area contributed by atoms with Gasteiger partial charge in [-0.3, -0.25) is 9.69 Å². The summed E-state index contributed by atoms with van der Waals surface area (Å²) in [7, 11) is 0. The van der Waals surface area contributed by atoms with E-state index in [9.17, 15) is 4.79 Å². The third-order valence-electron chi connectivity index (χ3n) is 5.18. The maximum absolute atomic E-state index is 12.5. The summed E-state index contributed by atoms with van der Waals surface area (Å²) in [6.45, 7) is 6.05. The average Bonchev–Trinajstić information content (AvgIpc) is 3.32. The second-order valence-electron chi connectivity index (χ2n) is 6.88. The summed E-state index contributed by atoms with van der Waals surface area (Å²) in [4.78, 5) is 21.5. The van der Waals surface area contributed by atoms with Crippen LogP contribution in [0.3, 0.4) is 0 Å². The molecule has 4 rings (SSSR count). The lowest BCUT2D eigenvalue weighted by atomic mass is 10.0. The lowest BCUT2D eigenvalue weighted by Crippen LogP contribution is -2.47. The van der Waals surface area contributed by atoms with Crippen molar-refractivity contribution in [3.8, 4) is 0 Å². The molecule has 24 heavy (non-hydrogen) atoms. The molecule has 0 aliphatic carbocycles. The van der Waals surface area contributed by atoms with Gasteiger partial charge < -0.3 is 14.4 Å². The number of carbonyl (C=O) groups is 1. The van der Waals surface area contributed by atoms with Gasteiger partial charge in [0.05, 0.1) is 31.9 Å². The molecule has 0 aromatic carbocycles. The van der Waals surface area contributed by atoms with Gasteiger partial charge in [-0.1, -0.05) is 0 Å². The van der Waals surface area contributed by atoms with E-state index in [1.165, 1.54) is 25.9 Å². The van der Waals surface area contributed by atoms with Crippen molar-refractivity contribution >= 4 is 17.2 Å². The first-order valence-electron chi connectivity index (χ1n) is 8.94. The Bertz CT molecular complexity index is 569. The van der Waals surface area contributed by atoms with Gasteiger partial charge in [0.1, 0.15) is 5.01 Å². The van der Waals surface area contributed by atoms with Crippen LogP contribution in [0.1, 0.15) is 36.4 Å². The minimum absolute atomic E-state index is 0.167.